The highest BCUT2D eigenvalue weighted by atomic mass is 32.1. The van der Waals surface area contributed by atoms with Crippen molar-refractivity contribution in [3.8, 4) is 33.0 Å². The summed E-state index contributed by atoms with van der Waals surface area (Å²) in [5.41, 5.74) is 4.08. The number of fused-ring (bicyclic) bond motifs is 12. The number of hydrogen-bond donors (Lipinski definition) is 0. The topological polar surface area (TPSA) is 116 Å². The van der Waals surface area contributed by atoms with Crippen LogP contribution in [0.2, 0.25) is 0 Å². The van der Waals surface area contributed by atoms with Gasteiger partial charge in [0.25, 0.3) is 11.4 Å². The lowest BCUT2D eigenvalue weighted by atomic mass is 9.67. The first kappa shape index (κ1) is 39.7. The minimum Gasteiger partial charge on any atom is -0.289 e. The van der Waals surface area contributed by atoms with Crippen molar-refractivity contribution in [1.82, 2.24) is 9.97 Å². The highest BCUT2D eigenvalue weighted by Gasteiger charge is 2.52. The Kier molecular flexibility index (Phi) is 8.82. The third-order valence-electron chi connectivity index (χ3n) is 13.9. The Morgan fingerprint density at radius 3 is 1.28 bits per heavy atom. The van der Waals surface area contributed by atoms with Crippen molar-refractivity contribution in [2.75, 3.05) is 0 Å². The lowest BCUT2D eigenvalue weighted by molar-refractivity contribution is 0.103. The second-order valence-electron chi connectivity index (χ2n) is 17.0. The predicted octanol–water partition coefficient (Wildman–Crippen LogP) is 12.5. The Labute approximate surface area is 371 Å². The molecule has 0 saturated heterocycles. The lowest BCUT2D eigenvalue weighted by Crippen LogP contribution is -2.30. The molecule has 310 valence electrons. The number of ketones is 2. The predicted molar refractivity (Wildman–Crippen MR) is 232 cm³/mol. The van der Waals surface area contributed by atoms with E-state index in [2.05, 4.69) is 21.8 Å². The Balaban J connectivity index is 1.07. The van der Waals surface area contributed by atoms with Gasteiger partial charge in [-0.05, 0) is 108 Å². The van der Waals surface area contributed by atoms with E-state index >= 15 is 0 Å². The van der Waals surface area contributed by atoms with E-state index in [1.54, 1.807) is 12.2 Å². The van der Waals surface area contributed by atoms with Gasteiger partial charge in [0.05, 0.1) is 46.4 Å². The van der Waals surface area contributed by atoms with Crippen molar-refractivity contribution in [3.05, 3.63) is 160 Å². The van der Waals surface area contributed by atoms with Crippen molar-refractivity contribution >= 4 is 57.5 Å². The first-order valence-electron chi connectivity index (χ1n) is 20.7. The standard InChI is InChI=1S/C50H28F4N6O2S2/c1-57-37(21-55)41-23-15-33(51)35(53)17-25(23)43(61)29(41)19-39-59-47-45(63-39)27-13-32-28(14-31(27)49(47)9-5-3-6-10-49)46-48(50(32)11-7-4-8-12-50)60-40(64-46)20-30-42(38(22-56)58-2)24-16-34(52)36(54)18-26(24)44(30)62/h13-20H,3-12H2/b29-19-,30-20-,41-37-,42-38+. The van der Waals surface area contributed by atoms with Gasteiger partial charge in [-0.3, -0.25) is 9.59 Å². The summed E-state index contributed by atoms with van der Waals surface area (Å²) in [4.78, 5) is 46.7. The molecule has 2 spiro atoms. The Hall–Kier alpha value is -7.10. The summed E-state index contributed by atoms with van der Waals surface area (Å²) in [6.45, 7) is 15.3. The summed E-state index contributed by atoms with van der Waals surface area (Å²) >= 11 is 2.81. The van der Waals surface area contributed by atoms with Crippen molar-refractivity contribution in [3.63, 3.8) is 0 Å². The summed E-state index contributed by atoms with van der Waals surface area (Å²) in [6, 6.07) is 11.6. The molecule has 0 amide bonds. The Morgan fingerprint density at radius 1 is 0.578 bits per heavy atom. The van der Waals surface area contributed by atoms with E-state index in [0.717, 1.165) is 132 Å². The van der Waals surface area contributed by atoms with Gasteiger partial charge >= 0.3 is 0 Å². The molecule has 6 aliphatic carbocycles. The fourth-order valence-corrected chi connectivity index (χ4v) is 13.4. The second kappa shape index (κ2) is 14.2. The first-order valence-corrected chi connectivity index (χ1v) is 22.4. The molecule has 2 heterocycles. The van der Waals surface area contributed by atoms with E-state index in [4.69, 9.17) is 23.1 Å². The number of nitriles is 2. The van der Waals surface area contributed by atoms with Gasteiger partial charge in [-0.2, -0.15) is 0 Å². The molecule has 2 aromatic heterocycles. The van der Waals surface area contributed by atoms with Gasteiger partial charge in [-0.25, -0.2) is 47.7 Å². The smallest absolute Gasteiger partial charge is 0.270 e. The van der Waals surface area contributed by atoms with Crippen molar-refractivity contribution in [2.45, 2.75) is 75.0 Å². The zero-order chi connectivity index (χ0) is 44.4. The minimum atomic E-state index is -1.21. The molecule has 0 atom stereocenters. The average molecular weight is 885 g/mol. The molecule has 14 heteroatoms. The Morgan fingerprint density at radius 2 is 0.938 bits per heavy atom. The second-order valence-corrected chi connectivity index (χ2v) is 19.0. The zero-order valence-electron chi connectivity index (χ0n) is 33.5. The normalized spacial score (nSPS) is 20.9. The molecule has 2 fully saturated rings. The number of rotatable bonds is 2. The molecule has 0 bridgehead atoms. The molecule has 6 aliphatic rings. The molecule has 5 aromatic rings. The third kappa shape index (κ3) is 5.34. The van der Waals surface area contributed by atoms with Crippen LogP contribution in [0.4, 0.5) is 17.6 Å². The van der Waals surface area contributed by atoms with E-state index < -0.39 is 57.1 Å². The van der Waals surface area contributed by atoms with Crippen molar-refractivity contribution < 1.29 is 27.2 Å². The fraction of sp³-hybridized carbons (Fsp3) is 0.240. The van der Waals surface area contributed by atoms with E-state index in [0.29, 0.717) is 10.0 Å². The van der Waals surface area contributed by atoms with E-state index in [1.165, 1.54) is 22.7 Å². The lowest BCUT2D eigenvalue weighted by Gasteiger charge is -2.36. The van der Waals surface area contributed by atoms with E-state index in [-0.39, 0.29) is 44.5 Å². The first-order chi connectivity index (χ1) is 31.0. The van der Waals surface area contributed by atoms with Crippen LogP contribution < -0.4 is 0 Å². The fourth-order valence-electron chi connectivity index (χ4n) is 11.2. The number of thiazole rings is 2. The number of carbonyl (C=O) groups is 2. The molecule has 0 radical (unpaired) electrons. The molecule has 8 nitrogen and oxygen atoms in total. The molecule has 64 heavy (non-hydrogen) atoms. The maximum Gasteiger partial charge on any atom is 0.270 e. The van der Waals surface area contributed by atoms with Crippen LogP contribution in [0.5, 0.6) is 0 Å². The van der Waals surface area contributed by atoms with Gasteiger partial charge in [0, 0.05) is 44.2 Å². The quantitative estimate of drug-likeness (QED) is 0.0754. The zero-order valence-corrected chi connectivity index (χ0v) is 35.2. The molecule has 11 rings (SSSR count). The van der Waals surface area contributed by atoms with Crippen LogP contribution in [-0.4, -0.2) is 21.5 Å². The van der Waals surface area contributed by atoms with Gasteiger partial charge < -0.3 is 0 Å². The van der Waals surface area contributed by atoms with Crippen LogP contribution in [0.3, 0.4) is 0 Å². The summed E-state index contributed by atoms with van der Waals surface area (Å²) in [6.07, 6.45) is 12.3. The molecular weight excluding hydrogens is 857 g/mol. The van der Waals surface area contributed by atoms with Crippen LogP contribution in [0, 0.1) is 59.1 Å². The van der Waals surface area contributed by atoms with Crippen LogP contribution in [-0.2, 0) is 10.8 Å². The van der Waals surface area contributed by atoms with Gasteiger partial charge in [0.15, 0.2) is 34.8 Å². The number of halogens is 4. The van der Waals surface area contributed by atoms with Crippen LogP contribution in [0.25, 0.3) is 53.9 Å². The average Bonchev–Trinajstić information content (AvgIpc) is 4.12. The van der Waals surface area contributed by atoms with Gasteiger partial charge in [-0.15, -0.1) is 22.7 Å². The van der Waals surface area contributed by atoms with Crippen LogP contribution >= 0.6 is 22.7 Å². The summed E-state index contributed by atoms with van der Waals surface area (Å²) in [5.74, 6) is -6.05. The maximum absolute atomic E-state index is 14.5. The summed E-state index contributed by atoms with van der Waals surface area (Å²) < 4.78 is 57.9. The van der Waals surface area contributed by atoms with E-state index in [9.17, 15) is 37.7 Å². The number of Topliss-reactive ketones (excluding diaryl/α,β-unsaturated/α-hetero) is 2. The molecule has 0 unspecified atom stereocenters. The molecule has 0 N–H and O–H groups in total. The van der Waals surface area contributed by atoms with Gasteiger partial charge in [0.1, 0.15) is 10.0 Å². The van der Waals surface area contributed by atoms with Gasteiger partial charge in [0.2, 0.25) is 0 Å². The Bertz CT molecular complexity index is 3130. The summed E-state index contributed by atoms with van der Waals surface area (Å²) in [7, 11) is 0. The highest BCUT2D eigenvalue weighted by molar-refractivity contribution is 7.16. The molecule has 3 aromatic carbocycles. The van der Waals surface area contributed by atoms with E-state index in [1.807, 2.05) is 12.1 Å². The highest BCUT2D eigenvalue weighted by Crippen LogP contribution is 2.64. The number of carbonyl (C=O) groups excluding carboxylic acids is 2. The molecule has 0 aliphatic heterocycles. The van der Waals surface area contributed by atoms with Crippen LogP contribution in [0.15, 0.2) is 58.9 Å². The monoisotopic (exact) mass is 884 g/mol. The van der Waals surface area contributed by atoms with Crippen LogP contribution in [0.1, 0.15) is 129 Å². The number of allylic oxidation sites excluding steroid dienone is 6. The van der Waals surface area contributed by atoms with Crippen molar-refractivity contribution in [1.29, 1.82) is 10.5 Å². The maximum atomic E-state index is 14.5. The number of benzene rings is 3. The largest absolute Gasteiger partial charge is 0.289 e. The van der Waals surface area contributed by atoms with Gasteiger partial charge in [-0.1, -0.05) is 38.5 Å². The third-order valence-corrected chi connectivity index (χ3v) is 16.0. The summed E-state index contributed by atoms with van der Waals surface area (Å²) in [5, 5.41) is 20.7. The number of nitrogens with zero attached hydrogens (tertiary/aromatic N) is 6. The molecule has 2 saturated carbocycles. The molecular formula is C50H28F4N6O2S2. The van der Waals surface area contributed by atoms with Crippen molar-refractivity contribution in [2.24, 2.45) is 0 Å². The minimum absolute atomic E-state index is 0.00687. The SMILES string of the molecule is [C-]#[N+]/C(C#N)=C1\C(=C\c2nc3c(s2)-c2cc4c(cc2C32CCCCC2)-c2sc(/C=C3\C(=O)c5cc(F)c(F)cc5\C3=C(\C#N)[N+]#[C-])nc2C42CCCCC2)C(=O)c2cc(F)c(F)cc21. The number of aromatic nitrogens is 2. The number of hydrogen-bond acceptors (Lipinski definition) is 8.